The van der Waals surface area contributed by atoms with Gasteiger partial charge in [0.25, 0.3) is 0 Å². The largest absolute Gasteiger partial charge is 0.469 e. The lowest BCUT2D eigenvalue weighted by Crippen LogP contribution is -2.45. The van der Waals surface area contributed by atoms with Gasteiger partial charge in [0.05, 0.1) is 20.1 Å². The van der Waals surface area contributed by atoms with Crippen molar-refractivity contribution in [3.05, 3.63) is 0 Å². The Balaban J connectivity index is 2.51. The number of hydrogen-bond acceptors (Lipinski definition) is 5. The minimum Gasteiger partial charge on any atom is -0.469 e. The van der Waals surface area contributed by atoms with Gasteiger partial charge in [-0.15, -0.1) is 0 Å². The topological polar surface area (TPSA) is 64.6 Å². The first kappa shape index (κ1) is 11.0. The fourth-order valence-corrected chi connectivity index (χ4v) is 1.62. The number of methoxy groups -OCH3 is 2. The van der Waals surface area contributed by atoms with E-state index >= 15 is 0 Å². The lowest BCUT2D eigenvalue weighted by atomic mass is 9.92. The zero-order valence-corrected chi connectivity index (χ0v) is 8.41. The average Bonchev–Trinajstić information content (AvgIpc) is 2.27. The first-order valence-electron chi connectivity index (χ1n) is 4.58. The zero-order chi connectivity index (χ0) is 10.6. The molecule has 1 rings (SSSR count). The molecule has 80 valence electrons. The van der Waals surface area contributed by atoms with Crippen LogP contribution in [0.3, 0.4) is 0 Å². The SMILES string of the molecule is COC(=O)C1CCNC(C(=O)OC)C1. The van der Waals surface area contributed by atoms with E-state index in [9.17, 15) is 9.59 Å². The maximum absolute atomic E-state index is 11.2. The van der Waals surface area contributed by atoms with Crippen LogP contribution in [0.1, 0.15) is 12.8 Å². The third kappa shape index (κ3) is 2.45. The van der Waals surface area contributed by atoms with Gasteiger partial charge in [0.2, 0.25) is 0 Å². The summed E-state index contributed by atoms with van der Waals surface area (Å²) < 4.78 is 9.23. The number of nitrogens with one attached hydrogen (secondary N) is 1. The Kier molecular flexibility index (Phi) is 3.88. The van der Waals surface area contributed by atoms with Gasteiger partial charge in [-0.05, 0) is 19.4 Å². The van der Waals surface area contributed by atoms with Crippen LogP contribution in [0.15, 0.2) is 0 Å². The Hall–Kier alpha value is -1.10. The minimum absolute atomic E-state index is 0.189. The molecule has 0 amide bonds. The summed E-state index contributed by atoms with van der Waals surface area (Å²) in [5.74, 6) is -0.760. The predicted molar refractivity (Wildman–Crippen MR) is 48.5 cm³/mol. The Bertz CT molecular complexity index is 207. The lowest BCUT2D eigenvalue weighted by molar-refractivity contribution is -0.149. The van der Waals surface area contributed by atoms with Crippen LogP contribution in [-0.4, -0.2) is 38.7 Å². The summed E-state index contributed by atoms with van der Waals surface area (Å²) >= 11 is 0. The van der Waals surface area contributed by atoms with Crippen molar-refractivity contribution < 1.29 is 19.1 Å². The summed E-state index contributed by atoms with van der Waals surface area (Å²) in [5, 5.41) is 3.00. The van der Waals surface area contributed by atoms with Crippen molar-refractivity contribution in [2.45, 2.75) is 18.9 Å². The van der Waals surface area contributed by atoms with Crippen LogP contribution in [0.5, 0.6) is 0 Å². The summed E-state index contributed by atoms with van der Waals surface area (Å²) in [5.41, 5.74) is 0. The molecular weight excluding hydrogens is 186 g/mol. The molecule has 0 saturated carbocycles. The van der Waals surface area contributed by atoms with E-state index in [2.05, 4.69) is 14.8 Å². The van der Waals surface area contributed by atoms with Gasteiger partial charge in [0.15, 0.2) is 0 Å². The summed E-state index contributed by atoms with van der Waals surface area (Å²) in [6.45, 7) is 0.638. The quantitative estimate of drug-likeness (QED) is 0.621. The molecule has 1 saturated heterocycles. The number of hydrogen-bond donors (Lipinski definition) is 1. The Labute approximate surface area is 82.8 Å². The van der Waals surface area contributed by atoms with E-state index in [1.54, 1.807) is 0 Å². The fourth-order valence-electron chi connectivity index (χ4n) is 1.62. The van der Waals surface area contributed by atoms with Crippen LogP contribution in [0.2, 0.25) is 0 Å². The second-order valence-corrected chi connectivity index (χ2v) is 3.27. The highest BCUT2D eigenvalue weighted by Gasteiger charge is 2.31. The zero-order valence-electron chi connectivity index (χ0n) is 8.41. The predicted octanol–water partition coefficient (Wildman–Crippen LogP) is -0.299. The van der Waals surface area contributed by atoms with Gasteiger partial charge in [-0.3, -0.25) is 9.59 Å². The van der Waals surface area contributed by atoms with Crippen molar-refractivity contribution in [1.82, 2.24) is 5.32 Å². The summed E-state index contributed by atoms with van der Waals surface area (Å²) in [6.07, 6.45) is 1.17. The highest BCUT2D eigenvalue weighted by molar-refractivity contribution is 5.78. The highest BCUT2D eigenvalue weighted by Crippen LogP contribution is 2.18. The van der Waals surface area contributed by atoms with E-state index in [4.69, 9.17) is 0 Å². The molecule has 1 N–H and O–H groups in total. The lowest BCUT2D eigenvalue weighted by Gasteiger charge is -2.26. The van der Waals surface area contributed by atoms with Gasteiger partial charge in [-0.2, -0.15) is 0 Å². The number of esters is 2. The first-order valence-corrected chi connectivity index (χ1v) is 4.58. The van der Waals surface area contributed by atoms with Gasteiger partial charge < -0.3 is 14.8 Å². The van der Waals surface area contributed by atoms with Crippen molar-refractivity contribution in [3.63, 3.8) is 0 Å². The van der Waals surface area contributed by atoms with Crippen LogP contribution >= 0.6 is 0 Å². The van der Waals surface area contributed by atoms with E-state index in [0.717, 1.165) is 0 Å². The van der Waals surface area contributed by atoms with Gasteiger partial charge in [-0.25, -0.2) is 0 Å². The van der Waals surface area contributed by atoms with Gasteiger partial charge in [0, 0.05) is 0 Å². The molecule has 5 heteroatoms. The molecule has 2 atom stereocenters. The molecular formula is C9H15NO4. The molecule has 1 aliphatic rings. The number of carbonyl (C=O) groups is 2. The number of piperidine rings is 1. The van der Waals surface area contributed by atoms with Crippen LogP contribution in [0.25, 0.3) is 0 Å². The summed E-state index contributed by atoms with van der Waals surface area (Å²) in [4.78, 5) is 22.4. The summed E-state index contributed by atoms with van der Waals surface area (Å²) in [6, 6.07) is -0.377. The standard InChI is InChI=1S/C9H15NO4/c1-13-8(11)6-3-4-10-7(5-6)9(12)14-2/h6-7,10H,3-5H2,1-2H3. The van der Waals surface area contributed by atoms with Crippen LogP contribution in [0.4, 0.5) is 0 Å². The van der Waals surface area contributed by atoms with Crippen LogP contribution < -0.4 is 5.32 Å². The van der Waals surface area contributed by atoms with E-state index in [1.165, 1.54) is 14.2 Å². The fraction of sp³-hybridized carbons (Fsp3) is 0.778. The van der Waals surface area contributed by atoms with E-state index in [0.29, 0.717) is 19.4 Å². The third-order valence-corrected chi connectivity index (χ3v) is 2.42. The van der Waals surface area contributed by atoms with Crippen molar-refractivity contribution in [2.24, 2.45) is 5.92 Å². The molecule has 1 aliphatic heterocycles. The normalized spacial score (nSPS) is 26.7. The molecule has 1 heterocycles. The maximum Gasteiger partial charge on any atom is 0.322 e. The molecule has 1 fully saturated rings. The second kappa shape index (κ2) is 4.95. The molecule has 0 aromatic carbocycles. The second-order valence-electron chi connectivity index (χ2n) is 3.27. The Morgan fingerprint density at radius 3 is 2.43 bits per heavy atom. The average molecular weight is 201 g/mol. The molecule has 0 aromatic heterocycles. The molecule has 0 spiro atoms. The first-order chi connectivity index (χ1) is 6.69. The van der Waals surface area contributed by atoms with Gasteiger partial charge in [0.1, 0.15) is 6.04 Å². The monoisotopic (exact) mass is 201 g/mol. The van der Waals surface area contributed by atoms with Crippen molar-refractivity contribution >= 4 is 11.9 Å². The number of ether oxygens (including phenoxy) is 2. The Morgan fingerprint density at radius 1 is 1.21 bits per heavy atom. The Morgan fingerprint density at radius 2 is 1.86 bits per heavy atom. The molecule has 0 bridgehead atoms. The molecule has 0 aromatic rings. The van der Waals surface area contributed by atoms with Crippen molar-refractivity contribution in [2.75, 3.05) is 20.8 Å². The van der Waals surface area contributed by atoms with E-state index in [-0.39, 0.29) is 23.9 Å². The number of carbonyl (C=O) groups excluding carboxylic acids is 2. The van der Waals surface area contributed by atoms with Crippen LogP contribution in [0, 0.1) is 5.92 Å². The van der Waals surface area contributed by atoms with Crippen molar-refractivity contribution in [1.29, 1.82) is 0 Å². The van der Waals surface area contributed by atoms with E-state index < -0.39 is 0 Å². The smallest absolute Gasteiger partial charge is 0.322 e. The summed E-state index contributed by atoms with van der Waals surface area (Å²) in [7, 11) is 2.70. The molecule has 14 heavy (non-hydrogen) atoms. The molecule has 2 unspecified atom stereocenters. The minimum atomic E-state index is -0.377. The van der Waals surface area contributed by atoms with Gasteiger partial charge >= 0.3 is 11.9 Å². The number of rotatable bonds is 2. The van der Waals surface area contributed by atoms with Gasteiger partial charge in [-0.1, -0.05) is 0 Å². The molecule has 0 radical (unpaired) electrons. The van der Waals surface area contributed by atoms with E-state index in [1.807, 2.05) is 0 Å². The maximum atomic E-state index is 11.2. The van der Waals surface area contributed by atoms with Crippen LogP contribution in [-0.2, 0) is 19.1 Å². The third-order valence-electron chi connectivity index (χ3n) is 2.42. The molecule has 5 nitrogen and oxygen atoms in total. The van der Waals surface area contributed by atoms with Crippen molar-refractivity contribution in [3.8, 4) is 0 Å². The highest BCUT2D eigenvalue weighted by atomic mass is 16.5. The molecule has 0 aliphatic carbocycles.